The lowest BCUT2D eigenvalue weighted by Crippen LogP contribution is -2.37. The quantitative estimate of drug-likeness (QED) is 0.421. The van der Waals surface area contributed by atoms with Crippen LogP contribution in [0.5, 0.6) is 0 Å². The maximum atomic E-state index is 13.1. The number of halogens is 1. The molecule has 2 aliphatic rings. The van der Waals surface area contributed by atoms with Gasteiger partial charge >= 0.3 is 6.09 Å². The van der Waals surface area contributed by atoms with Crippen LogP contribution in [0.3, 0.4) is 0 Å². The number of nitro groups is 1. The van der Waals surface area contributed by atoms with E-state index in [1.807, 2.05) is 4.90 Å². The molecule has 0 radical (unpaired) electrons. The Morgan fingerprint density at radius 3 is 2.37 bits per heavy atom. The van der Waals surface area contributed by atoms with Crippen molar-refractivity contribution in [3.05, 3.63) is 64.0 Å². The number of rotatable bonds is 5. The smallest absolute Gasteiger partial charge is 0.414 e. The fourth-order valence-corrected chi connectivity index (χ4v) is 3.95. The van der Waals surface area contributed by atoms with Crippen LogP contribution in [0.15, 0.2) is 42.5 Å². The van der Waals surface area contributed by atoms with Gasteiger partial charge in [-0.15, -0.1) is 0 Å². The van der Waals surface area contributed by atoms with Crippen LogP contribution in [-0.4, -0.2) is 43.0 Å². The van der Waals surface area contributed by atoms with Crippen molar-refractivity contribution < 1.29 is 23.6 Å². The number of Topliss-reactive ketones (excluding diaryl/α,β-unsaturated/α-hetero) is 1. The van der Waals surface area contributed by atoms with Gasteiger partial charge in [-0.05, 0) is 43.2 Å². The highest BCUT2D eigenvalue weighted by Gasteiger charge is 2.31. The first-order valence-electron chi connectivity index (χ1n) is 9.71. The van der Waals surface area contributed by atoms with E-state index < -0.39 is 11.0 Å². The van der Waals surface area contributed by atoms with Gasteiger partial charge in [-0.25, -0.2) is 9.18 Å². The molecule has 9 heteroatoms. The summed E-state index contributed by atoms with van der Waals surface area (Å²) in [4.78, 5) is 38.9. The van der Waals surface area contributed by atoms with E-state index in [9.17, 15) is 24.1 Å². The number of ketones is 1. The number of nitrogens with zero attached hydrogens (tertiary/aromatic N) is 3. The molecule has 0 aliphatic carbocycles. The number of carbonyl (C=O) groups is 2. The normalized spacial score (nSPS) is 17.2. The Morgan fingerprint density at radius 1 is 1.07 bits per heavy atom. The SMILES string of the molecule is O=C(c1ccc(F)cc1)C1CCN(c2ccc([N+](=O)[O-])cc2N2CCOC2=O)CC1. The van der Waals surface area contributed by atoms with Gasteiger partial charge in [-0.3, -0.25) is 19.8 Å². The van der Waals surface area contributed by atoms with Crippen LogP contribution in [0.2, 0.25) is 0 Å². The Bertz CT molecular complexity index is 987. The van der Waals surface area contributed by atoms with E-state index in [0.29, 0.717) is 49.4 Å². The Balaban J connectivity index is 1.53. The first-order valence-corrected chi connectivity index (χ1v) is 9.71. The van der Waals surface area contributed by atoms with Crippen molar-refractivity contribution in [1.82, 2.24) is 0 Å². The van der Waals surface area contributed by atoms with Gasteiger partial charge in [0.1, 0.15) is 12.4 Å². The maximum Gasteiger partial charge on any atom is 0.414 e. The summed E-state index contributed by atoms with van der Waals surface area (Å²) in [5.41, 5.74) is 1.53. The van der Waals surface area contributed by atoms with E-state index in [-0.39, 0.29) is 29.8 Å². The molecule has 2 aromatic carbocycles. The third-order valence-corrected chi connectivity index (χ3v) is 5.56. The summed E-state index contributed by atoms with van der Waals surface area (Å²) >= 11 is 0. The molecule has 2 aliphatic heterocycles. The average molecular weight is 413 g/mol. The number of anilines is 2. The molecule has 0 atom stereocenters. The second kappa shape index (κ2) is 8.10. The van der Waals surface area contributed by atoms with Crippen LogP contribution >= 0.6 is 0 Å². The van der Waals surface area contributed by atoms with Gasteiger partial charge in [0.25, 0.3) is 5.69 Å². The molecular formula is C21H20FN3O5. The van der Waals surface area contributed by atoms with Gasteiger partial charge in [0.05, 0.1) is 22.8 Å². The standard InChI is InChI=1S/C21H20FN3O5/c22-16-3-1-14(2-4-16)20(26)15-7-9-23(10-8-15)18-6-5-17(25(28)29)13-19(18)24-11-12-30-21(24)27/h1-6,13,15H,7-12H2. The topological polar surface area (TPSA) is 93.0 Å². The minimum absolute atomic E-state index is 0.0123. The number of nitro benzene ring substituents is 1. The summed E-state index contributed by atoms with van der Waals surface area (Å²) in [5.74, 6) is -0.570. The number of non-ortho nitro benzene ring substituents is 1. The summed E-state index contributed by atoms with van der Waals surface area (Å²) in [6, 6.07) is 9.99. The molecule has 0 spiro atoms. The highest BCUT2D eigenvalue weighted by molar-refractivity contribution is 5.98. The molecule has 1 amide bonds. The van der Waals surface area contributed by atoms with E-state index >= 15 is 0 Å². The number of amides is 1. The number of cyclic esters (lactones) is 1. The van der Waals surface area contributed by atoms with Gasteiger partial charge < -0.3 is 9.64 Å². The van der Waals surface area contributed by atoms with E-state index in [4.69, 9.17) is 4.74 Å². The largest absolute Gasteiger partial charge is 0.447 e. The van der Waals surface area contributed by atoms with Crippen LogP contribution in [0, 0.1) is 21.8 Å². The third-order valence-electron chi connectivity index (χ3n) is 5.56. The predicted molar refractivity (Wildman–Crippen MR) is 107 cm³/mol. The first kappa shape index (κ1) is 19.8. The van der Waals surface area contributed by atoms with Gasteiger partial charge in [0.15, 0.2) is 5.78 Å². The fourth-order valence-electron chi connectivity index (χ4n) is 3.95. The number of piperidine rings is 1. The van der Waals surface area contributed by atoms with Crippen LogP contribution in [0.25, 0.3) is 0 Å². The molecular weight excluding hydrogens is 393 g/mol. The van der Waals surface area contributed by atoms with Crippen molar-refractivity contribution in [3.63, 3.8) is 0 Å². The molecule has 4 rings (SSSR count). The van der Waals surface area contributed by atoms with E-state index in [1.54, 1.807) is 6.07 Å². The van der Waals surface area contributed by atoms with Crippen molar-refractivity contribution in [2.24, 2.45) is 5.92 Å². The number of hydrogen-bond donors (Lipinski definition) is 0. The average Bonchev–Trinajstić information content (AvgIpc) is 3.19. The maximum absolute atomic E-state index is 13.1. The molecule has 0 bridgehead atoms. The van der Waals surface area contributed by atoms with Gasteiger partial charge in [-0.1, -0.05) is 0 Å². The lowest BCUT2D eigenvalue weighted by Gasteiger charge is -2.35. The van der Waals surface area contributed by atoms with Crippen LogP contribution < -0.4 is 9.80 Å². The molecule has 2 fully saturated rings. The first-order chi connectivity index (χ1) is 14.4. The third kappa shape index (κ3) is 3.83. The van der Waals surface area contributed by atoms with Crippen LogP contribution in [0.1, 0.15) is 23.2 Å². The zero-order valence-corrected chi connectivity index (χ0v) is 16.1. The minimum atomic E-state index is -0.530. The van der Waals surface area contributed by atoms with Crippen LogP contribution in [-0.2, 0) is 4.74 Å². The summed E-state index contributed by atoms with van der Waals surface area (Å²) in [6.07, 6.45) is 0.659. The molecule has 0 aromatic heterocycles. The summed E-state index contributed by atoms with van der Waals surface area (Å²) in [6.45, 7) is 1.68. The van der Waals surface area contributed by atoms with Gasteiger partial charge in [0, 0.05) is 36.7 Å². The zero-order chi connectivity index (χ0) is 21.3. The van der Waals surface area contributed by atoms with Crippen molar-refractivity contribution >= 4 is 28.9 Å². The number of hydrogen-bond acceptors (Lipinski definition) is 6. The Morgan fingerprint density at radius 2 is 1.77 bits per heavy atom. The second-order valence-corrected chi connectivity index (χ2v) is 7.33. The Hall–Kier alpha value is -3.49. The molecule has 8 nitrogen and oxygen atoms in total. The number of carbonyl (C=O) groups excluding carboxylic acids is 2. The minimum Gasteiger partial charge on any atom is -0.447 e. The second-order valence-electron chi connectivity index (χ2n) is 7.33. The lowest BCUT2D eigenvalue weighted by atomic mass is 9.88. The molecule has 30 heavy (non-hydrogen) atoms. The van der Waals surface area contributed by atoms with Crippen molar-refractivity contribution in [2.75, 3.05) is 36.0 Å². The fraction of sp³-hybridized carbons (Fsp3) is 0.333. The van der Waals surface area contributed by atoms with Gasteiger partial charge in [0.2, 0.25) is 0 Å². The molecule has 0 unspecified atom stereocenters. The number of benzene rings is 2. The molecule has 2 saturated heterocycles. The Labute approximate surface area is 172 Å². The molecule has 0 saturated carbocycles. The van der Waals surface area contributed by atoms with E-state index in [2.05, 4.69) is 0 Å². The lowest BCUT2D eigenvalue weighted by molar-refractivity contribution is -0.384. The molecule has 156 valence electrons. The predicted octanol–water partition coefficient (Wildman–Crippen LogP) is 3.79. The molecule has 0 N–H and O–H groups in total. The van der Waals surface area contributed by atoms with Crippen molar-refractivity contribution in [3.8, 4) is 0 Å². The highest BCUT2D eigenvalue weighted by Crippen LogP contribution is 2.37. The summed E-state index contributed by atoms with van der Waals surface area (Å²) < 4.78 is 18.1. The highest BCUT2D eigenvalue weighted by atomic mass is 19.1. The molecule has 2 heterocycles. The van der Waals surface area contributed by atoms with E-state index in [0.717, 1.165) is 0 Å². The summed E-state index contributed by atoms with van der Waals surface area (Å²) in [7, 11) is 0. The van der Waals surface area contributed by atoms with E-state index in [1.165, 1.54) is 41.3 Å². The van der Waals surface area contributed by atoms with Crippen LogP contribution in [0.4, 0.5) is 26.2 Å². The zero-order valence-electron chi connectivity index (χ0n) is 16.1. The number of ether oxygens (including phenoxy) is 1. The summed E-state index contributed by atoms with van der Waals surface area (Å²) in [5, 5.41) is 11.2. The van der Waals surface area contributed by atoms with Crippen molar-refractivity contribution in [2.45, 2.75) is 12.8 Å². The van der Waals surface area contributed by atoms with Crippen molar-refractivity contribution in [1.29, 1.82) is 0 Å². The monoisotopic (exact) mass is 413 g/mol. The molecule has 2 aromatic rings. The Kier molecular flexibility index (Phi) is 5.35. The van der Waals surface area contributed by atoms with Gasteiger partial charge in [-0.2, -0.15) is 0 Å².